The van der Waals surface area contributed by atoms with E-state index in [0.29, 0.717) is 12.4 Å². The van der Waals surface area contributed by atoms with Crippen LogP contribution in [-0.4, -0.2) is 32.3 Å². The van der Waals surface area contributed by atoms with Gasteiger partial charge in [-0.1, -0.05) is 18.2 Å². The Morgan fingerprint density at radius 3 is 2.22 bits per heavy atom. The van der Waals surface area contributed by atoms with Crippen LogP contribution in [0.4, 0.5) is 0 Å². The van der Waals surface area contributed by atoms with Crippen LogP contribution >= 0.6 is 0 Å². The summed E-state index contributed by atoms with van der Waals surface area (Å²) >= 11 is 0. The van der Waals surface area contributed by atoms with E-state index in [-0.39, 0.29) is 18.6 Å². The first-order valence-electron chi connectivity index (χ1n) is 7.41. The summed E-state index contributed by atoms with van der Waals surface area (Å²) < 4.78 is 16.1. The molecule has 0 fully saturated rings. The highest BCUT2D eigenvalue weighted by molar-refractivity contribution is 5.77. The fraction of sp³-hybridized carbons (Fsp3) is 0.278. The van der Waals surface area contributed by atoms with E-state index in [0.717, 1.165) is 11.5 Å². The second-order valence-corrected chi connectivity index (χ2v) is 5.06. The van der Waals surface area contributed by atoms with Gasteiger partial charge in [0.25, 0.3) is 5.91 Å². The molecule has 0 radical (unpaired) electrons. The molecule has 0 aliphatic rings. The molecule has 5 heteroatoms. The molecule has 0 saturated heterocycles. The first kappa shape index (κ1) is 16.7. The number of hydrogen-bond acceptors (Lipinski definition) is 4. The third kappa shape index (κ3) is 5.90. The maximum absolute atomic E-state index is 11.8. The summed E-state index contributed by atoms with van der Waals surface area (Å²) in [5.41, 5.74) is 0. The average molecular weight is 315 g/mol. The third-order valence-corrected chi connectivity index (χ3v) is 3.08. The molecular weight excluding hydrogens is 294 g/mol. The Balaban J connectivity index is 1.69. The summed E-state index contributed by atoms with van der Waals surface area (Å²) in [4.78, 5) is 11.8. The molecule has 1 N–H and O–H groups in total. The summed E-state index contributed by atoms with van der Waals surface area (Å²) in [6.07, 6.45) is 0. The van der Waals surface area contributed by atoms with Gasteiger partial charge in [-0.25, -0.2) is 0 Å². The van der Waals surface area contributed by atoms with E-state index in [1.807, 2.05) is 61.5 Å². The topological polar surface area (TPSA) is 56.8 Å². The highest BCUT2D eigenvalue weighted by atomic mass is 16.5. The number of carbonyl (C=O) groups is 1. The Hall–Kier alpha value is -2.69. The molecule has 1 amide bonds. The highest BCUT2D eigenvalue weighted by Crippen LogP contribution is 2.17. The number of amides is 1. The molecule has 2 aromatic rings. The van der Waals surface area contributed by atoms with Gasteiger partial charge in [-0.15, -0.1) is 0 Å². The van der Waals surface area contributed by atoms with Crippen LogP contribution in [0.15, 0.2) is 54.6 Å². The van der Waals surface area contributed by atoms with Crippen LogP contribution in [0.25, 0.3) is 0 Å². The number of benzene rings is 2. The van der Waals surface area contributed by atoms with Gasteiger partial charge in [0.2, 0.25) is 0 Å². The van der Waals surface area contributed by atoms with Gasteiger partial charge in [-0.3, -0.25) is 4.79 Å². The molecule has 0 spiro atoms. The Morgan fingerprint density at radius 2 is 1.57 bits per heavy atom. The van der Waals surface area contributed by atoms with Crippen LogP contribution in [0, 0.1) is 0 Å². The zero-order chi connectivity index (χ0) is 16.5. The molecule has 1 atom stereocenters. The monoisotopic (exact) mass is 315 g/mol. The normalized spacial score (nSPS) is 11.4. The van der Waals surface area contributed by atoms with Crippen molar-refractivity contribution in [3.8, 4) is 17.2 Å². The number of ether oxygens (including phenoxy) is 3. The first-order chi connectivity index (χ1) is 11.2. The van der Waals surface area contributed by atoms with Crippen LogP contribution in [0.1, 0.15) is 6.92 Å². The predicted molar refractivity (Wildman–Crippen MR) is 88.0 cm³/mol. The minimum absolute atomic E-state index is 0.0170. The van der Waals surface area contributed by atoms with Gasteiger partial charge in [0.1, 0.15) is 23.9 Å². The number of hydrogen-bond donors (Lipinski definition) is 1. The quantitative estimate of drug-likeness (QED) is 0.813. The minimum Gasteiger partial charge on any atom is -0.497 e. The molecule has 0 bridgehead atoms. The van der Waals surface area contributed by atoms with Crippen molar-refractivity contribution in [3.63, 3.8) is 0 Å². The van der Waals surface area contributed by atoms with Gasteiger partial charge < -0.3 is 19.5 Å². The van der Waals surface area contributed by atoms with Crippen molar-refractivity contribution >= 4 is 5.91 Å². The smallest absolute Gasteiger partial charge is 0.258 e. The van der Waals surface area contributed by atoms with Gasteiger partial charge in [-0.2, -0.15) is 0 Å². The van der Waals surface area contributed by atoms with Crippen molar-refractivity contribution in [2.75, 3.05) is 20.3 Å². The Morgan fingerprint density at radius 1 is 0.957 bits per heavy atom. The van der Waals surface area contributed by atoms with Gasteiger partial charge >= 0.3 is 0 Å². The third-order valence-electron chi connectivity index (χ3n) is 3.08. The van der Waals surface area contributed by atoms with Gasteiger partial charge in [0.15, 0.2) is 6.61 Å². The molecule has 0 unspecified atom stereocenters. The molecule has 0 aliphatic heterocycles. The van der Waals surface area contributed by atoms with Crippen LogP contribution in [0.3, 0.4) is 0 Å². The van der Waals surface area contributed by atoms with Gasteiger partial charge in [0.05, 0.1) is 13.2 Å². The lowest BCUT2D eigenvalue weighted by atomic mass is 10.3. The molecule has 0 aliphatic carbocycles. The number of para-hydroxylation sites is 1. The van der Waals surface area contributed by atoms with Crippen molar-refractivity contribution in [1.82, 2.24) is 5.32 Å². The van der Waals surface area contributed by atoms with Gasteiger partial charge in [0, 0.05) is 0 Å². The molecule has 0 aromatic heterocycles. The van der Waals surface area contributed by atoms with Crippen molar-refractivity contribution < 1.29 is 19.0 Å². The Kier molecular flexibility index (Phi) is 6.29. The van der Waals surface area contributed by atoms with Crippen molar-refractivity contribution in [2.45, 2.75) is 13.0 Å². The van der Waals surface area contributed by atoms with Crippen LogP contribution in [0.5, 0.6) is 17.2 Å². The summed E-state index contributed by atoms with van der Waals surface area (Å²) in [5.74, 6) is 1.99. The SMILES string of the molecule is COc1ccc(OC[C@@H](C)NC(=O)COc2ccccc2)cc1. The van der Waals surface area contributed by atoms with Crippen molar-refractivity contribution in [1.29, 1.82) is 0 Å². The molecule has 0 saturated carbocycles. The largest absolute Gasteiger partial charge is 0.497 e. The minimum atomic E-state index is -0.181. The van der Waals surface area contributed by atoms with E-state index in [1.165, 1.54) is 0 Å². The maximum Gasteiger partial charge on any atom is 0.258 e. The second-order valence-electron chi connectivity index (χ2n) is 5.06. The van der Waals surface area contributed by atoms with E-state index < -0.39 is 0 Å². The zero-order valence-corrected chi connectivity index (χ0v) is 13.3. The lowest BCUT2D eigenvalue weighted by Gasteiger charge is -2.15. The molecular formula is C18H21NO4. The van der Waals surface area contributed by atoms with Crippen molar-refractivity contribution in [3.05, 3.63) is 54.6 Å². The van der Waals surface area contributed by atoms with E-state index >= 15 is 0 Å². The molecule has 2 aromatic carbocycles. The molecule has 23 heavy (non-hydrogen) atoms. The molecule has 0 heterocycles. The number of carbonyl (C=O) groups excluding carboxylic acids is 1. The van der Waals surface area contributed by atoms with Gasteiger partial charge in [-0.05, 0) is 43.3 Å². The zero-order valence-electron chi connectivity index (χ0n) is 13.3. The summed E-state index contributed by atoms with van der Waals surface area (Å²) in [5, 5.41) is 2.83. The van der Waals surface area contributed by atoms with E-state index in [1.54, 1.807) is 7.11 Å². The lowest BCUT2D eigenvalue weighted by molar-refractivity contribution is -0.123. The molecule has 122 valence electrons. The maximum atomic E-state index is 11.8. The summed E-state index contributed by atoms with van der Waals surface area (Å²) in [7, 11) is 1.62. The number of nitrogens with one attached hydrogen (secondary N) is 1. The second kappa shape index (κ2) is 8.68. The fourth-order valence-corrected chi connectivity index (χ4v) is 1.92. The number of rotatable bonds is 8. The fourth-order valence-electron chi connectivity index (χ4n) is 1.92. The van der Waals surface area contributed by atoms with Crippen molar-refractivity contribution in [2.24, 2.45) is 0 Å². The van der Waals surface area contributed by atoms with Crippen LogP contribution in [0.2, 0.25) is 0 Å². The van der Waals surface area contributed by atoms with E-state index in [4.69, 9.17) is 14.2 Å². The number of methoxy groups -OCH3 is 1. The Labute approximate surface area is 136 Å². The predicted octanol–water partition coefficient (Wildman–Crippen LogP) is 2.66. The van der Waals surface area contributed by atoms with Crippen LogP contribution in [-0.2, 0) is 4.79 Å². The molecule has 2 rings (SSSR count). The Bertz CT molecular complexity index is 598. The first-order valence-corrected chi connectivity index (χ1v) is 7.41. The highest BCUT2D eigenvalue weighted by Gasteiger charge is 2.09. The summed E-state index contributed by atoms with van der Waals surface area (Å²) in [6.45, 7) is 2.24. The molecule has 5 nitrogen and oxygen atoms in total. The van der Waals surface area contributed by atoms with E-state index in [2.05, 4.69) is 5.32 Å². The standard InChI is InChI=1S/C18H21NO4/c1-14(12-22-17-10-8-15(21-2)9-11-17)19-18(20)13-23-16-6-4-3-5-7-16/h3-11,14H,12-13H2,1-2H3,(H,19,20)/t14-/m1/s1. The summed E-state index contributed by atoms with van der Waals surface area (Å²) in [6, 6.07) is 16.4. The average Bonchev–Trinajstić information content (AvgIpc) is 2.59. The van der Waals surface area contributed by atoms with Crippen LogP contribution < -0.4 is 19.5 Å². The lowest BCUT2D eigenvalue weighted by Crippen LogP contribution is -2.39. The van der Waals surface area contributed by atoms with E-state index in [9.17, 15) is 4.79 Å².